The largest absolute Gasteiger partial charge is 0.469 e. The molecule has 4 heterocycles. The molecule has 0 atom stereocenters. The number of aromatic nitrogens is 5. The first-order valence-electron chi connectivity index (χ1n) is 11.2. The minimum Gasteiger partial charge on any atom is -0.469 e. The molecule has 0 saturated carbocycles. The van der Waals surface area contributed by atoms with Crippen LogP contribution in [0.5, 0.6) is 0 Å². The topological polar surface area (TPSA) is 132 Å². The lowest BCUT2D eigenvalue weighted by Crippen LogP contribution is -2.39. The van der Waals surface area contributed by atoms with Crippen molar-refractivity contribution >= 4 is 34.8 Å². The van der Waals surface area contributed by atoms with Crippen molar-refractivity contribution in [2.45, 2.75) is 45.4 Å². The van der Waals surface area contributed by atoms with E-state index in [9.17, 15) is 14.4 Å². The Kier molecular flexibility index (Phi) is 7.15. The Balaban J connectivity index is 1.31. The Bertz CT molecular complexity index is 1210. The van der Waals surface area contributed by atoms with Crippen LogP contribution in [0.4, 0.5) is 0 Å². The fraction of sp³-hybridized carbons (Fsp3) is 0.500. The van der Waals surface area contributed by atoms with Crippen molar-refractivity contribution in [3.63, 3.8) is 0 Å². The number of ether oxygens (including phenoxy) is 1. The third kappa shape index (κ3) is 5.06. The summed E-state index contributed by atoms with van der Waals surface area (Å²) in [5.74, 6) is -0.504. The first-order chi connectivity index (χ1) is 16.4. The number of fused-ring (bicyclic) bond motifs is 1. The summed E-state index contributed by atoms with van der Waals surface area (Å²) < 4.78 is 6.24. The van der Waals surface area contributed by atoms with Crippen molar-refractivity contribution in [2.75, 3.05) is 26.7 Å². The molecular weight excluding hydrogens is 458 g/mol. The van der Waals surface area contributed by atoms with Gasteiger partial charge in [0, 0.05) is 43.4 Å². The van der Waals surface area contributed by atoms with Crippen LogP contribution in [0.15, 0.2) is 11.4 Å². The number of rotatable bonds is 7. The zero-order chi connectivity index (χ0) is 24.2. The molecule has 1 N–H and O–H groups in total. The summed E-state index contributed by atoms with van der Waals surface area (Å²) in [6.07, 6.45) is 2.29. The molecule has 3 aromatic heterocycles. The average Bonchev–Trinajstić information content (AvgIpc) is 3.48. The van der Waals surface area contributed by atoms with Crippen LogP contribution in [-0.4, -0.2) is 74.2 Å². The number of hydrogen-bond acceptors (Lipinski definition) is 9. The summed E-state index contributed by atoms with van der Waals surface area (Å²) in [6, 6.07) is 1.82. The van der Waals surface area contributed by atoms with Gasteiger partial charge in [0.2, 0.25) is 0 Å². The van der Waals surface area contributed by atoms with Crippen molar-refractivity contribution in [3.8, 4) is 0 Å². The van der Waals surface area contributed by atoms with Crippen molar-refractivity contribution in [1.29, 1.82) is 0 Å². The summed E-state index contributed by atoms with van der Waals surface area (Å²) in [4.78, 5) is 42.9. The van der Waals surface area contributed by atoms with Crippen LogP contribution in [0.1, 0.15) is 69.0 Å². The Labute approximate surface area is 200 Å². The second-order valence-corrected chi connectivity index (χ2v) is 9.15. The molecule has 1 aliphatic heterocycles. The van der Waals surface area contributed by atoms with Crippen LogP contribution in [0.25, 0.3) is 5.65 Å². The predicted molar refractivity (Wildman–Crippen MR) is 124 cm³/mol. The number of thiazole rings is 1. The average molecular weight is 486 g/mol. The normalized spacial score (nSPS) is 14.4. The zero-order valence-corrected chi connectivity index (χ0v) is 20.2. The van der Waals surface area contributed by atoms with Gasteiger partial charge in [-0.05, 0) is 33.1 Å². The molecular formula is C22H27N7O4S. The van der Waals surface area contributed by atoms with Crippen LogP contribution in [0, 0.1) is 13.8 Å². The number of likely N-dealkylation sites (tertiary alicyclic amines) is 1. The second kappa shape index (κ2) is 10.2. The van der Waals surface area contributed by atoms with Gasteiger partial charge in [-0.1, -0.05) is 0 Å². The standard InChI is InChI=1S/C22H27N7O4S/c1-13-11-17-25-26-19(14(2)29(17)27-13)22(32)28-9-6-15(7-10-28)21-24-16(12-34-21)20(31)23-8-4-5-18(30)33-3/h11-12,15H,4-10H2,1-3H3,(H,23,31). The molecule has 1 fully saturated rings. The summed E-state index contributed by atoms with van der Waals surface area (Å²) >= 11 is 1.46. The minimum atomic E-state index is -0.297. The van der Waals surface area contributed by atoms with E-state index < -0.39 is 0 Å². The summed E-state index contributed by atoms with van der Waals surface area (Å²) in [6.45, 7) is 5.24. The number of nitrogens with one attached hydrogen (secondary N) is 1. The summed E-state index contributed by atoms with van der Waals surface area (Å²) in [7, 11) is 1.34. The van der Waals surface area contributed by atoms with Gasteiger partial charge in [0.15, 0.2) is 11.3 Å². The number of amides is 2. The molecule has 3 aromatic rings. The Hall–Kier alpha value is -3.41. The molecule has 2 amide bonds. The number of carbonyl (C=O) groups is 3. The Morgan fingerprint density at radius 2 is 1.97 bits per heavy atom. The van der Waals surface area contributed by atoms with Crippen LogP contribution in [-0.2, 0) is 9.53 Å². The molecule has 1 aliphatic rings. The number of esters is 1. The number of hydrogen-bond donors (Lipinski definition) is 1. The maximum Gasteiger partial charge on any atom is 0.305 e. The number of methoxy groups -OCH3 is 1. The van der Waals surface area contributed by atoms with Gasteiger partial charge in [0.25, 0.3) is 11.8 Å². The number of piperidine rings is 1. The van der Waals surface area contributed by atoms with E-state index in [0.29, 0.717) is 48.8 Å². The highest BCUT2D eigenvalue weighted by Gasteiger charge is 2.29. The van der Waals surface area contributed by atoms with E-state index >= 15 is 0 Å². The van der Waals surface area contributed by atoms with Crippen LogP contribution >= 0.6 is 11.3 Å². The lowest BCUT2D eigenvalue weighted by Gasteiger charge is -2.31. The molecule has 180 valence electrons. The highest BCUT2D eigenvalue weighted by Crippen LogP contribution is 2.31. The second-order valence-electron chi connectivity index (χ2n) is 8.26. The van der Waals surface area contributed by atoms with Crippen LogP contribution in [0.2, 0.25) is 0 Å². The fourth-order valence-corrected chi connectivity index (χ4v) is 4.93. The number of aryl methyl sites for hydroxylation is 2. The maximum atomic E-state index is 13.1. The van der Waals surface area contributed by atoms with Gasteiger partial charge in [-0.2, -0.15) is 5.10 Å². The molecule has 0 radical (unpaired) electrons. The molecule has 0 spiro atoms. The van der Waals surface area contributed by atoms with Crippen molar-refractivity contribution in [1.82, 2.24) is 35.0 Å². The van der Waals surface area contributed by atoms with E-state index in [2.05, 4.69) is 30.3 Å². The molecule has 0 unspecified atom stereocenters. The first kappa shape index (κ1) is 23.7. The van der Waals surface area contributed by atoms with E-state index in [1.54, 1.807) is 14.8 Å². The maximum absolute atomic E-state index is 13.1. The Morgan fingerprint density at radius 1 is 1.21 bits per heavy atom. The van der Waals surface area contributed by atoms with E-state index in [0.717, 1.165) is 23.5 Å². The van der Waals surface area contributed by atoms with Gasteiger partial charge in [-0.3, -0.25) is 14.4 Å². The van der Waals surface area contributed by atoms with Crippen molar-refractivity contribution in [3.05, 3.63) is 39.2 Å². The quantitative estimate of drug-likeness (QED) is 0.396. The SMILES string of the molecule is COC(=O)CCCNC(=O)c1csc(C2CCN(C(=O)c3nnc4cc(C)nn4c3C)CC2)n1. The van der Waals surface area contributed by atoms with E-state index in [-0.39, 0.29) is 30.1 Å². The molecule has 0 aromatic carbocycles. The van der Waals surface area contributed by atoms with Crippen molar-refractivity contribution in [2.24, 2.45) is 0 Å². The monoisotopic (exact) mass is 485 g/mol. The predicted octanol–water partition coefficient (Wildman–Crippen LogP) is 1.90. The third-order valence-corrected chi connectivity index (χ3v) is 6.89. The summed E-state index contributed by atoms with van der Waals surface area (Å²) in [5.41, 5.74) is 2.81. The van der Waals surface area contributed by atoms with Gasteiger partial charge in [0.05, 0.1) is 23.5 Å². The fourth-order valence-electron chi connectivity index (χ4n) is 3.96. The van der Waals surface area contributed by atoms with Gasteiger partial charge in [0.1, 0.15) is 5.69 Å². The van der Waals surface area contributed by atoms with E-state index in [4.69, 9.17) is 0 Å². The van der Waals surface area contributed by atoms with Gasteiger partial charge in [-0.15, -0.1) is 21.5 Å². The number of nitrogens with zero attached hydrogens (tertiary/aromatic N) is 6. The smallest absolute Gasteiger partial charge is 0.305 e. The molecule has 0 aliphatic carbocycles. The van der Waals surface area contributed by atoms with Crippen LogP contribution in [0.3, 0.4) is 0 Å². The molecule has 12 heteroatoms. The molecule has 34 heavy (non-hydrogen) atoms. The number of carbonyl (C=O) groups excluding carboxylic acids is 3. The zero-order valence-electron chi connectivity index (χ0n) is 19.4. The lowest BCUT2D eigenvalue weighted by molar-refractivity contribution is -0.140. The van der Waals surface area contributed by atoms with Crippen LogP contribution < -0.4 is 5.32 Å². The summed E-state index contributed by atoms with van der Waals surface area (Å²) in [5, 5.41) is 18.1. The van der Waals surface area contributed by atoms with Gasteiger partial charge < -0.3 is 15.0 Å². The van der Waals surface area contributed by atoms with Gasteiger partial charge >= 0.3 is 5.97 Å². The first-order valence-corrected chi connectivity index (χ1v) is 12.0. The molecule has 1 saturated heterocycles. The minimum absolute atomic E-state index is 0.148. The Morgan fingerprint density at radius 3 is 2.71 bits per heavy atom. The molecule has 11 nitrogen and oxygen atoms in total. The highest BCUT2D eigenvalue weighted by molar-refractivity contribution is 7.09. The lowest BCUT2D eigenvalue weighted by atomic mass is 9.97. The molecule has 4 rings (SSSR count). The molecule has 0 bridgehead atoms. The van der Waals surface area contributed by atoms with Crippen molar-refractivity contribution < 1.29 is 19.1 Å². The van der Waals surface area contributed by atoms with E-state index in [1.165, 1.54) is 18.4 Å². The van der Waals surface area contributed by atoms with E-state index in [1.807, 2.05) is 19.9 Å². The third-order valence-electron chi connectivity index (χ3n) is 5.89. The highest BCUT2D eigenvalue weighted by atomic mass is 32.1. The van der Waals surface area contributed by atoms with Gasteiger partial charge in [-0.25, -0.2) is 9.50 Å².